The predicted molar refractivity (Wildman–Crippen MR) is 182 cm³/mol. The van der Waals surface area contributed by atoms with E-state index >= 15 is 0 Å². The van der Waals surface area contributed by atoms with Crippen molar-refractivity contribution in [3.05, 3.63) is 138 Å². The molecule has 1 aromatic heterocycles. The quantitative estimate of drug-likeness (QED) is 0.160. The molecule has 42 heavy (non-hydrogen) atoms. The molecule has 2 heteroatoms. The Labute approximate surface area is 247 Å². The van der Waals surface area contributed by atoms with E-state index < -0.39 is 0 Å². The summed E-state index contributed by atoms with van der Waals surface area (Å²) in [6, 6.07) is 29.2. The predicted octanol–water partition coefficient (Wildman–Crippen LogP) is 10.7. The Hall–Kier alpha value is -4.82. The standard InChI is InChI=1S/C40H34N2/c1-3-10-32(23-31-13-9-22-41-27(31)2)29-16-18-30(19-17-29)37-26-40-38(36-15-8-7-14-35(36)37)24-34-21-20-33(25-39(34)42-40)28-11-5-4-6-12-28/h5,7-27H,3-4,6H2,1-2H3/b31-23-,32-10+. The summed E-state index contributed by atoms with van der Waals surface area (Å²) in [4.78, 5) is 9.78. The molecule has 0 bridgehead atoms. The monoisotopic (exact) mass is 542 g/mol. The Morgan fingerprint density at radius 2 is 1.67 bits per heavy atom. The lowest BCUT2D eigenvalue weighted by Gasteiger charge is -2.14. The number of nitrogens with zero attached hydrogens (tertiary/aromatic N) is 2. The van der Waals surface area contributed by atoms with Crippen molar-refractivity contribution in [2.75, 3.05) is 0 Å². The average Bonchev–Trinajstić information content (AvgIpc) is 3.04. The molecule has 1 aliphatic heterocycles. The van der Waals surface area contributed by atoms with Crippen LogP contribution in [0.2, 0.25) is 0 Å². The zero-order valence-electron chi connectivity index (χ0n) is 24.2. The summed E-state index contributed by atoms with van der Waals surface area (Å²) in [6.07, 6.45) is 20.7. The lowest BCUT2D eigenvalue weighted by atomic mass is 9.92. The van der Waals surface area contributed by atoms with E-state index in [1.54, 1.807) is 0 Å². The molecule has 0 spiro atoms. The first kappa shape index (κ1) is 26.1. The highest BCUT2D eigenvalue weighted by Gasteiger charge is 2.13. The van der Waals surface area contributed by atoms with Gasteiger partial charge in [0.1, 0.15) is 0 Å². The number of aromatic nitrogens is 1. The summed E-state index contributed by atoms with van der Waals surface area (Å²) >= 11 is 0. The molecule has 1 aliphatic carbocycles. The molecule has 5 aromatic rings. The topological polar surface area (TPSA) is 25.2 Å². The number of hydrogen-bond acceptors (Lipinski definition) is 2. The molecule has 4 aromatic carbocycles. The number of rotatable bonds is 5. The highest BCUT2D eigenvalue weighted by Crippen LogP contribution is 2.37. The molecular formula is C40H34N2. The van der Waals surface area contributed by atoms with E-state index in [2.05, 4.69) is 134 Å². The van der Waals surface area contributed by atoms with Gasteiger partial charge in [-0.25, -0.2) is 4.98 Å². The van der Waals surface area contributed by atoms with Crippen molar-refractivity contribution in [3.8, 4) is 11.1 Å². The van der Waals surface area contributed by atoms with Crippen LogP contribution in [0.15, 0.2) is 132 Å². The molecule has 2 nitrogen and oxygen atoms in total. The summed E-state index contributed by atoms with van der Waals surface area (Å²) in [5.74, 6) is 0. The third kappa shape index (κ3) is 4.94. The van der Waals surface area contributed by atoms with Gasteiger partial charge in [-0.15, -0.1) is 0 Å². The van der Waals surface area contributed by atoms with Gasteiger partial charge in [-0.05, 0) is 106 Å². The SMILES string of the molecule is CC/C=C(\C=C1\C=CC=NC1C)c1ccc(-c2cc3nc4cc(C5=CCCC=C5)ccc4cc3c3ccccc23)cc1. The summed E-state index contributed by atoms with van der Waals surface area (Å²) in [7, 11) is 0. The number of allylic oxidation sites excluding steroid dienone is 8. The van der Waals surface area contributed by atoms with Crippen LogP contribution in [-0.4, -0.2) is 17.2 Å². The first-order valence-corrected chi connectivity index (χ1v) is 15.0. The van der Waals surface area contributed by atoms with Crippen molar-refractivity contribution >= 4 is 49.9 Å². The fourth-order valence-corrected chi connectivity index (χ4v) is 6.15. The Morgan fingerprint density at radius 3 is 2.45 bits per heavy atom. The van der Waals surface area contributed by atoms with E-state index in [0.29, 0.717) is 0 Å². The van der Waals surface area contributed by atoms with Crippen LogP contribution in [0.1, 0.15) is 44.2 Å². The zero-order valence-corrected chi connectivity index (χ0v) is 24.2. The zero-order chi connectivity index (χ0) is 28.5. The smallest absolute Gasteiger partial charge is 0.0722 e. The molecule has 2 aliphatic rings. The van der Waals surface area contributed by atoms with Crippen LogP contribution in [-0.2, 0) is 0 Å². The van der Waals surface area contributed by atoms with Gasteiger partial charge in [0.15, 0.2) is 0 Å². The third-order valence-electron chi connectivity index (χ3n) is 8.41. The summed E-state index contributed by atoms with van der Waals surface area (Å²) in [6.45, 7) is 4.33. The minimum absolute atomic E-state index is 0.175. The minimum atomic E-state index is 0.175. The van der Waals surface area contributed by atoms with E-state index in [0.717, 1.165) is 30.3 Å². The second-order valence-electron chi connectivity index (χ2n) is 11.2. The van der Waals surface area contributed by atoms with Gasteiger partial charge in [0.25, 0.3) is 0 Å². The van der Waals surface area contributed by atoms with Crippen LogP contribution in [0.4, 0.5) is 0 Å². The summed E-state index contributed by atoms with van der Waals surface area (Å²) in [5.41, 5.74) is 10.7. The Morgan fingerprint density at radius 1 is 0.833 bits per heavy atom. The number of benzene rings is 4. The Kier molecular flexibility index (Phi) is 6.97. The van der Waals surface area contributed by atoms with Crippen molar-refractivity contribution in [3.63, 3.8) is 0 Å². The lowest BCUT2D eigenvalue weighted by molar-refractivity contribution is 0.886. The van der Waals surface area contributed by atoms with Crippen molar-refractivity contribution in [1.29, 1.82) is 0 Å². The van der Waals surface area contributed by atoms with Crippen LogP contribution >= 0.6 is 0 Å². The van der Waals surface area contributed by atoms with Crippen LogP contribution in [0.5, 0.6) is 0 Å². The maximum Gasteiger partial charge on any atom is 0.0722 e. The van der Waals surface area contributed by atoms with Gasteiger partial charge in [0.2, 0.25) is 0 Å². The fourth-order valence-electron chi connectivity index (χ4n) is 6.15. The highest BCUT2D eigenvalue weighted by atomic mass is 14.8. The number of pyridine rings is 1. The Bertz CT molecular complexity index is 2010. The number of fused-ring (bicyclic) bond motifs is 4. The number of hydrogen-bond donors (Lipinski definition) is 0. The van der Waals surface area contributed by atoms with E-state index in [1.807, 2.05) is 12.3 Å². The molecule has 1 unspecified atom stereocenters. The third-order valence-corrected chi connectivity index (χ3v) is 8.41. The summed E-state index contributed by atoms with van der Waals surface area (Å²) in [5, 5.41) is 4.85. The van der Waals surface area contributed by atoms with Crippen LogP contribution in [0.25, 0.3) is 54.9 Å². The fraction of sp³-hybridized carbons (Fsp3) is 0.150. The summed E-state index contributed by atoms with van der Waals surface area (Å²) < 4.78 is 0. The van der Waals surface area contributed by atoms with Gasteiger partial charge in [0, 0.05) is 17.0 Å². The molecule has 2 heterocycles. The van der Waals surface area contributed by atoms with Gasteiger partial charge >= 0.3 is 0 Å². The van der Waals surface area contributed by atoms with E-state index in [1.165, 1.54) is 60.5 Å². The molecule has 0 radical (unpaired) electrons. The molecule has 0 amide bonds. The van der Waals surface area contributed by atoms with Crippen LogP contribution in [0, 0.1) is 0 Å². The highest BCUT2D eigenvalue weighted by molar-refractivity contribution is 6.15. The minimum Gasteiger partial charge on any atom is -0.285 e. The van der Waals surface area contributed by atoms with E-state index in [-0.39, 0.29) is 6.04 Å². The Balaban J connectivity index is 1.32. The van der Waals surface area contributed by atoms with E-state index in [4.69, 9.17) is 4.98 Å². The second-order valence-corrected chi connectivity index (χ2v) is 11.2. The van der Waals surface area contributed by atoms with Gasteiger partial charge in [-0.1, -0.05) is 98.0 Å². The molecular weight excluding hydrogens is 508 g/mol. The number of dihydropyridines is 1. The molecule has 0 saturated heterocycles. The molecule has 204 valence electrons. The van der Waals surface area contributed by atoms with Crippen molar-refractivity contribution in [1.82, 2.24) is 4.98 Å². The van der Waals surface area contributed by atoms with Gasteiger partial charge in [-0.3, -0.25) is 4.99 Å². The first-order valence-electron chi connectivity index (χ1n) is 15.0. The van der Waals surface area contributed by atoms with E-state index in [9.17, 15) is 0 Å². The van der Waals surface area contributed by atoms with Crippen molar-refractivity contribution in [2.24, 2.45) is 4.99 Å². The lowest BCUT2D eigenvalue weighted by Crippen LogP contribution is -2.04. The maximum atomic E-state index is 5.23. The van der Waals surface area contributed by atoms with Crippen molar-refractivity contribution < 1.29 is 0 Å². The van der Waals surface area contributed by atoms with Gasteiger partial charge in [0.05, 0.1) is 17.1 Å². The number of aliphatic imine (C=N–C) groups is 1. The molecule has 1 atom stereocenters. The maximum absolute atomic E-state index is 5.23. The second kappa shape index (κ2) is 11.2. The molecule has 0 N–H and O–H groups in total. The normalized spacial score (nSPS) is 18.0. The van der Waals surface area contributed by atoms with Crippen LogP contribution < -0.4 is 0 Å². The molecule has 7 rings (SSSR count). The molecule has 0 saturated carbocycles. The largest absolute Gasteiger partial charge is 0.285 e. The average molecular weight is 543 g/mol. The van der Waals surface area contributed by atoms with Crippen molar-refractivity contribution in [2.45, 2.75) is 39.2 Å². The molecule has 0 fully saturated rings. The van der Waals surface area contributed by atoms with Crippen LogP contribution in [0.3, 0.4) is 0 Å². The first-order chi connectivity index (χ1) is 20.7. The van der Waals surface area contributed by atoms with Gasteiger partial charge < -0.3 is 0 Å². The van der Waals surface area contributed by atoms with Gasteiger partial charge in [-0.2, -0.15) is 0 Å².